The first-order chi connectivity index (χ1) is 13.8. The van der Waals surface area contributed by atoms with Gasteiger partial charge in [0.2, 0.25) is 5.91 Å². The Labute approximate surface area is 171 Å². The number of carbonyl (C=O) groups excluding carboxylic acids is 1. The van der Waals surface area contributed by atoms with E-state index in [0.717, 1.165) is 27.9 Å². The van der Waals surface area contributed by atoms with Crippen LogP contribution in [0.25, 0.3) is 11.1 Å². The molecule has 6 heteroatoms. The zero-order valence-corrected chi connectivity index (χ0v) is 17.4. The zero-order valence-electron chi connectivity index (χ0n) is 16.6. The number of sulfonamides is 1. The minimum Gasteiger partial charge on any atom is -0.324 e. The van der Waals surface area contributed by atoms with Crippen LogP contribution in [0.4, 0.5) is 11.4 Å². The highest BCUT2D eigenvalue weighted by Gasteiger charge is 2.35. The third-order valence-electron chi connectivity index (χ3n) is 5.20. The molecule has 0 unspecified atom stereocenters. The molecule has 1 N–H and O–H groups in total. The summed E-state index contributed by atoms with van der Waals surface area (Å²) in [7, 11) is -3.84. The Morgan fingerprint density at radius 2 is 1.59 bits per heavy atom. The summed E-state index contributed by atoms with van der Waals surface area (Å²) in [4.78, 5) is 13.1. The van der Waals surface area contributed by atoms with Crippen molar-refractivity contribution in [2.24, 2.45) is 0 Å². The Kier molecular flexibility index (Phi) is 4.67. The number of amides is 1. The van der Waals surface area contributed by atoms with Gasteiger partial charge in [-0.2, -0.15) is 0 Å². The molecule has 3 aromatic rings. The first kappa shape index (κ1) is 19.2. The van der Waals surface area contributed by atoms with E-state index in [0.29, 0.717) is 11.3 Å². The molecule has 3 aromatic carbocycles. The van der Waals surface area contributed by atoms with Gasteiger partial charge in [-0.15, -0.1) is 0 Å². The average Bonchev–Trinajstić information content (AvgIpc) is 2.68. The summed E-state index contributed by atoms with van der Waals surface area (Å²) in [6.45, 7) is 5.49. The maximum absolute atomic E-state index is 13.3. The number of nitrogens with zero attached hydrogens (tertiary/aromatic N) is 1. The van der Waals surface area contributed by atoms with Gasteiger partial charge in [0, 0.05) is 16.8 Å². The molecule has 1 aliphatic heterocycles. The van der Waals surface area contributed by atoms with E-state index in [-0.39, 0.29) is 17.3 Å². The fourth-order valence-corrected chi connectivity index (χ4v) is 5.39. The highest BCUT2D eigenvalue weighted by atomic mass is 32.2. The predicted octanol–water partition coefficient (Wildman–Crippen LogP) is 4.43. The summed E-state index contributed by atoms with van der Waals surface area (Å²) in [6.07, 6.45) is 0. The summed E-state index contributed by atoms with van der Waals surface area (Å²) in [5, 5.41) is 2.88. The molecule has 0 saturated heterocycles. The van der Waals surface area contributed by atoms with Crippen molar-refractivity contribution in [1.82, 2.24) is 0 Å². The molecule has 1 aliphatic rings. The zero-order chi connectivity index (χ0) is 20.8. The molecule has 1 heterocycles. The lowest BCUT2D eigenvalue weighted by Crippen LogP contribution is -2.40. The van der Waals surface area contributed by atoms with Gasteiger partial charge >= 0.3 is 0 Å². The molecule has 0 aromatic heterocycles. The molecule has 0 atom stereocenters. The van der Waals surface area contributed by atoms with Gasteiger partial charge in [-0.3, -0.25) is 9.10 Å². The topological polar surface area (TPSA) is 66.5 Å². The molecule has 0 saturated carbocycles. The fraction of sp³-hybridized carbons (Fsp3) is 0.174. The first-order valence-corrected chi connectivity index (χ1v) is 10.8. The lowest BCUT2D eigenvalue weighted by Gasteiger charge is -2.32. The average molecular weight is 407 g/mol. The second-order valence-electron chi connectivity index (χ2n) is 7.34. The van der Waals surface area contributed by atoms with Gasteiger partial charge in [0.25, 0.3) is 10.0 Å². The van der Waals surface area contributed by atoms with Crippen molar-refractivity contribution in [2.75, 3.05) is 16.2 Å². The Balaban J connectivity index is 1.75. The largest absolute Gasteiger partial charge is 0.324 e. The highest BCUT2D eigenvalue weighted by Crippen LogP contribution is 2.43. The van der Waals surface area contributed by atoms with E-state index < -0.39 is 10.0 Å². The summed E-state index contributed by atoms with van der Waals surface area (Å²) >= 11 is 0. The van der Waals surface area contributed by atoms with Crippen LogP contribution >= 0.6 is 0 Å². The monoisotopic (exact) mass is 406 g/mol. The van der Waals surface area contributed by atoms with Crippen LogP contribution in [0.5, 0.6) is 0 Å². The van der Waals surface area contributed by atoms with Crippen LogP contribution in [0.1, 0.15) is 16.7 Å². The van der Waals surface area contributed by atoms with Crippen molar-refractivity contribution < 1.29 is 13.2 Å². The van der Waals surface area contributed by atoms with E-state index in [1.54, 1.807) is 24.3 Å². The second kappa shape index (κ2) is 7.04. The van der Waals surface area contributed by atoms with Gasteiger partial charge in [-0.05, 0) is 50.1 Å². The molecular weight excluding hydrogens is 384 g/mol. The number of nitrogens with one attached hydrogen (secondary N) is 1. The maximum atomic E-state index is 13.3. The second-order valence-corrected chi connectivity index (χ2v) is 9.17. The SMILES string of the molecule is Cc1ccc2c(c1)-c1ccccc1S(=O)(=O)N2CC(=O)Nc1c(C)cccc1C. The molecule has 1 amide bonds. The summed E-state index contributed by atoms with van der Waals surface area (Å²) < 4.78 is 27.8. The number of aryl methyl sites for hydroxylation is 3. The molecule has 0 spiro atoms. The molecule has 5 nitrogen and oxygen atoms in total. The molecule has 148 valence electrons. The van der Waals surface area contributed by atoms with Crippen molar-refractivity contribution in [1.29, 1.82) is 0 Å². The van der Waals surface area contributed by atoms with Crippen LogP contribution < -0.4 is 9.62 Å². The number of carbonyl (C=O) groups is 1. The Morgan fingerprint density at radius 1 is 0.897 bits per heavy atom. The normalized spacial score (nSPS) is 14.1. The number of para-hydroxylation sites is 1. The van der Waals surface area contributed by atoms with Gasteiger partial charge in [0.05, 0.1) is 10.6 Å². The Hall–Kier alpha value is -3.12. The van der Waals surface area contributed by atoms with Gasteiger partial charge < -0.3 is 5.32 Å². The minimum atomic E-state index is -3.84. The number of hydrogen-bond acceptors (Lipinski definition) is 3. The van der Waals surface area contributed by atoms with Crippen molar-refractivity contribution in [3.63, 3.8) is 0 Å². The van der Waals surface area contributed by atoms with Crippen molar-refractivity contribution in [3.05, 3.63) is 77.4 Å². The van der Waals surface area contributed by atoms with Gasteiger partial charge in [-0.1, -0.05) is 48.0 Å². The van der Waals surface area contributed by atoms with E-state index in [2.05, 4.69) is 5.32 Å². The van der Waals surface area contributed by atoms with Gasteiger partial charge in [0.1, 0.15) is 6.54 Å². The van der Waals surface area contributed by atoms with Crippen LogP contribution in [0.2, 0.25) is 0 Å². The Bertz CT molecular complexity index is 1210. The quantitative estimate of drug-likeness (QED) is 0.700. The van der Waals surface area contributed by atoms with Crippen LogP contribution in [0.15, 0.2) is 65.6 Å². The number of hydrogen-bond donors (Lipinski definition) is 1. The standard InChI is InChI=1S/C23H22N2O3S/c1-15-11-12-20-19(13-15)18-9-4-5-10-21(18)29(27,28)25(20)14-22(26)24-23-16(2)7-6-8-17(23)3/h4-13H,14H2,1-3H3,(H,24,26). The third-order valence-corrected chi connectivity index (χ3v) is 7.02. The minimum absolute atomic E-state index is 0.220. The van der Waals surface area contributed by atoms with Crippen LogP contribution in [0.3, 0.4) is 0 Å². The van der Waals surface area contributed by atoms with E-state index in [9.17, 15) is 13.2 Å². The molecular formula is C23H22N2O3S. The maximum Gasteiger partial charge on any atom is 0.265 e. The fourth-order valence-electron chi connectivity index (χ4n) is 3.74. The number of benzene rings is 3. The van der Waals surface area contributed by atoms with Crippen molar-refractivity contribution in [2.45, 2.75) is 25.7 Å². The van der Waals surface area contributed by atoms with Crippen LogP contribution in [-0.4, -0.2) is 20.9 Å². The molecule has 4 rings (SSSR count). The molecule has 0 radical (unpaired) electrons. The van der Waals surface area contributed by atoms with Crippen LogP contribution in [0, 0.1) is 20.8 Å². The summed E-state index contributed by atoms with van der Waals surface area (Å²) in [6, 6.07) is 18.2. The molecule has 0 bridgehead atoms. The van der Waals surface area contributed by atoms with E-state index in [4.69, 9.17) is 0 Å². The smallest absolute Gasteiger partial charge is 0.265 e. The Morgan fingerprint density at radius 3 is 2.31 bits per heavy atom. The van der Waals surface area contributed by atoms with E-state index in [1.165, 1.54) is 4.31 Å². The van der Waals surface area contributed by atoms with E-state index >= 15 is 0 Å². The first-order valence-electron chi connectivity index (χ1n) is 9.38. The number of rotatable bonds is 3. The van der Waals surface area contributed by atoms with Crippen molar-refractivity contribution in [3.8, 4) is 11.1 Å². The number of anilines is 2. The summed E-state index contributed by atoms with van der Waals surface area (Å²) in [5.41, 5.74) is 5.61. The number of fused-ring (bicyclic) bond motifs is 3. The van der Waals surface area contributed by atoms with Crippen molar-refractivity contribution >= 4 is 27.3 Å². The molecule has 0 fully saturated rings. The van der Waals surface area contributed by atoms with Gasteiger partial charge in [0.15, 0.2) is 0 Å². The van der Waals surface area contributed by atoms with Gasteiger partial charge in [-0.25, -0.2) is 8.42 Å². The molecule has 0 aliphatic carbocycles. The highest BCUT2D eigenvalue weighted by molar-refractivity contribution is 7.93. The van der Waals surface area contributed by atoms with Crippen LogP contribution in [-0.2, 0) is 14.8 Å². The summed E-state index contributed by atoms with van der Waals surface area (Å²) in [5.74, 6) is -0.378. The lowest BCUT2D eigenvalue weighted by molar-refractivity contribution is -0.114. The van der Waals surface area contributed by atoms with E-state index in [1.807, 2.05) is 57.2 Å². The third kappa shape index (κ3) is 3.29. The lowest BCUT2D eigenvalue weighted by atomic mass is 10.0. The predicted molar refractivity (Wildman–Crippen MR) is 116 cm³/mol. The molecule has 29 heavy (non-hydrogen) atoms.